The molecule has 1 aliphatic heterocycles. The van der Waals surface area contributed by atoms with Crippen LogP contribution in [0.1, 0.15) is 30.7 Å². The second-order valence-corrected chi connectivity index (χ2v) is 7.61. The summed E-state index contributed by atoms with van der Waals surface area (Å²) < 4.78 is 2.01. The van der Waals surface area contributed by atoms with Crippen LogP contribution in [0, 0.1) is 5.92 Å². The Morgan fingerprint density at radius 1 is 1.15 bits per heavy atom. The summed E-state index contributed by atoms with van der Waals surface area (Å²) in [6.07, 6.45) is 10.4. The first-order chi connectivity index (χ1) is 13.2. The average Bonchev–Trinajstić information content (AvgIpc) is 3.12. The standard InChI is InChI=1S/C21H22N4O2/c26-20-18(16-12-23-17-5-2-1-4-15(16)17)19(14-6-7-14)25(21(20)27)10-3-9-24-11-8-22-13-24/h1-2,4-5,8,11-14,18-19,23H,3,6-7,9-10H2. The van der Waals surface area contributed by atoms with Gasteiger partial charge in [0.05, 0.1) is 12.2 Å². The fourth-order valence-electron chi connectivity index (χ4n) is 4.48. The summed E-state index contributed by atoms with van der Waals surface area (Å²) in [5, 5.41) is 1.05. The van der Waals surface area contributed by atoms with Crippen LogP contribution >= 0.6 is 0 Å². The Hall–Kier alpha value is -2.89. The molecule has 1 aliphatic carbocycles. The zero-order valence-electron chi connectivity index (χ0n) is 15.0. The van der Waals surface area contributed by atoms with Crippen molar-refractivity contribution in [1.82, 2.24) is 19.4 Å². The predicted octanol–water partition coefficient (Wildman–Crippen LogP) is 2.73. The highest BCUT2D eigenvalue weighted by atomic mass is 16.2. The highest BCUT2D eigenvalue weighted by Crippen LogP contribution is 2.47. The van der Waals surface area contributed by atoms with Crippen LogP contribution in [0.4, 0.5) is 0 Å². The summed E-state index contributed by atoms with van der Waals surface area (Å²) in [4.78, 5) is 35.0. The molecule has 0 spiro atoms. The lowest BCUT2D eigenvalue weighted by molar-refractivity contribution is -0.140. The number of aromatic nitrogens is 3. The number of hydrogen-bond donors (Lipinski definition) is 1. The molecule has 6 heteroatoms. The van der Waals surface area contributed by atoms with E-state index >= 15 is 0 Å². The Morgan fingerprint density at radius 2 is 2.00 bits per heavy atom. The van der Waals surface area contributed by atoms with Crippen LogP contribution in [0.2, 0.25) is 0 Å². The van der Waals surface area contributed by atoms with Gasteiger partial charge in [-0.2, -0.15) is 0 Å². The minimum atomic E-state index is -0.352. The van der Waals surface area contributed by atoms with Gasteiger partial charge in [-0.05, 0) is 36.8 Å². The van der Waals surface area contributed by atoms with E-state index in [0.29, 0.717) is 12.5 Å². The molecule has 2 atom stereocenters. The number of benzene rings is 1. The van der Waals surface area contributed by atoms with Crippen molar-refractivity contribution in [1.29, 1.82) is 0 Å². The number of aryl methyl sites for hydroxylation is 1. The van der Waals surface area contributed by atoms with Crippen LogP contribution in [-0.4, -0.2) is 43.7 Å². The molecule has 2 unspecified atom stereocenters. The highest BCUT2D eigenvalue weighted by Gasteiger charge is 2.53. The van der Waals surface area contributed by atoms with Crippen LogP contribution in [-0.2, 0) is 16.1 Å². The number of rotatable bonds is 6. The van der Waals surface area contributed by atoms with Crippen molar-refractivity contribution in [3.8, 4) is 0 Å². The molecule has 0 radical (unpaired) electrons. The molecule has 5 rings (SSSR count). The van der Waals surface area contributed by atoms with Gasteiger partial charge in [0.2, 0.25) is 5.78 Å². The summed E-state index contributed by atoms with van der Waals surface area (Å²) in [6, 6.07) is 7.99. The summed E-state index contributed by atoms with van der Waals surface area (Å²) in [7, 11) is 0. The molecule has 1 N–H and O–H groups in total. The molecular formula is C21H22N4O2. The van der Waals surface area contributed by atoms with Crippen molar-refractivity contribution in [3.63, 3.8) is 0 Å². The zero-order valence-corrected chi connectivity index (χ0v) is 15.0. The minimum absolute atomic E-state index is 0.00741. The second kappa shape index (κ2) is 6.37. The van der Waals surface area contributed by atoms with E-state index in [2.05, 4.69) is 9.97 Å². The topological polar surface area (TPSA) is 71.0 Å². The highest BCUT2D eigenvalue weighted by molar-refractivity contribution is 6.41. The largest absolute Gasteiger partial charge is 0.361 e. The fraction of sp³-hybridized carbons (Fsp3) is 0.381. The number of carbonyl (C=O) groups is 2. The number of aromatic amines is 1. The average molecular weight is 362 g/mol. The number of hydrogen-bond acceptors (Lipinski definition) is 3. The number of para-hydroxylation sites is 1. The Bertz CT molecular complexity index is 987. The third-order valence-electron chi connectivity index (χ3n) is 5.89. The van der Waals surface area contributed by atoms with Crippen LogP contribution in [0.5, 0.6) is 0 Å². The smallest absolute Gasteiger partial charge is 0.290 e. The van der Waals surface area contributed by atoms with E-state index in [4.69, 9.17) is 0 Å². The van der Waals surface area contributed by atoms with Crippen LogP contribution < -0.4 is 0 Å². The van der Waals surface area contributed by atoms with E-state index in [1.54, 1.807) is 12.5 Å². The molecule has 138 valence electrons. The van der Waals surface area contributed by atoms with Gasteiger partial charge in [-0.3, -0.25) is 9.59 Å². The number of likely N-dealkylation sites (tertiary alicyclic amines) is 1. The van der Waals surface area contributed by atoms with Crippen molar-refractivity contribution in [2.75, 3.05) is 6.54 Å². The number of nitrogens with one attached hydrogen (secondary N) is 1. The molecule has 2 aliphatic rings. The lowest BCUT2D eigenvalue weighted by Gasteiger charge is -2.27. The molecular weight excluding hydrogens is 340 g/mol. The molecule has 6 nitrogen and oxygen atoms in total. The lowest BCUT2D eigenvalue weighted by Crippen LogP contribution is -2.37. The molecule has 2 aromatic heterocycles. The third-order valence-corrected chi connectivity index (χ3v) is 5.89. The number of ketones is 1. The Morgan fingerprint density at radius 3 is 2.78 bits per heavy atom. The first-order valence-electron chi connectivity index (χ1n) is 9.60. The summed E-state index contributed by atoms with van der Waals surface area (Å²) in [5.74, 6) is -0.478. The summed E-state index contributed by atoms with van der Waals surface area (Å²) >= 11 is 0. The van der Waals surface area contributed by atoms with E-state index < -0.39 is 0 Å². The normalized spacial score (nSPS) is 22.9. The van der Waals surface area contributed by atoms with Gasteiger partial charge in [0.1, 0.15) is 0 Å². The van der Waals surface area contributed by atoms with Crippen LogP contribution in [0.3, 0.4) is 0 Å². The van der Waals surface area contributed by atoms with Crippen LogP contribution in [0.25, 0.3) is 10.9 Å². The molecule has 0 bridgehead atoms. The van der Waals surface area contributed by atoms with Gasteiger partial charge in [0.25, 0.3) is 5.91 Å². The zero-order chi connectivity index (χ0) is 18.4. The van der Waals surface area contributed by atoms with Gasteiger partial charge in [-0.1, -0.05) is 18.2 Å². The van der Waals surface area contributed by atoms with E-state index in [-0.39, 0.29) is 23.7 Å². The van der Waals surface area contributed by atoms with Crippen molar-refractivity contribution in [3.05, 3.63) is 54.7 Å². The molecule has 3 heterocycles. The maximum atomic E-state index is 13.0. The Labute approximate surface area is 157 Å². The Balaban J connectivity index is 1.43. The first kappa shape index (κ1) is 16.3. The Kier molecular flexibility index (Phi) is 3.85. The lowest BCUT2D eigenvalue weighted by atomic mass is 9.88. The molecule has 1 saturated carbocycles. The van der Waals surface area contributed by atoms with Crippen molar-refractivity contribution >= 4 is 22.6 Å². The number of nitrogens with zero attached hydrogens (tertiary/aromatic N) is 3. The van der Waals surface area contributed by atoms with Crippen LogP contribution in [0.15, 0.2) is 49.2 Å². The summed E-state index contributed by atoms with van der Waals surface area (Å²) in [6.45, 7) is 1.41. The number of imidazole rings is 1. The number of Topliss-reactive ketones (excluding diaryl/α,β-unsaturated/α-hetero) is 1. The van der Waals surface area contributed by atoms with Gasteiger partial charge >= 0.3 is 0 Å². The number of carbonyl (C=O) groups excluding carboxylic acids is 2. The quantitative estimate of drug-likeness (QED) is 0.686. The van der Waals surface area contributed by atoms with Gasteiger partial charge < -0.3 is 14.5 Å². The molecule has 1 saturated heterocycles. The second-order valence-electron chi connectivity index (χ2n) is 7.61. The fourth-order valence-corrected chi connectivity index (χ4v) is 4.48. The molecule has 27 heavy (non-hydrogen) atoms. The van der Waals surface area contributed by atoms with E-state index in [1.165, 1.54) is 0 Å². The van der Waals surface area contributed by atoms with Crippen molar-refractivity contribution < 1.29 is 9.59 Å². The molecule has 1 aromatic carbocycles. The minimum Gasteiger partial charge on any atom is -0.361 e. The van der Waals surface area contributed by atoms with Crippen molar-refractivity contribution in [2.24, 2.45) is 5.92 Å². The van der Waals surface area contributed by atoms with E-state index in [1.807, 2.05) is 46.1 Å². The molecule has 3 aromatic rings. The summed E-state index contributed by atoms with van der Waals surface area (Å²) in [5.41, 5.74) is 1.99. The monoisotopic (exact) mass is 362 g/mol. The predicted molar refractivity (Wildman–Crippen MR) is 101 cm³/mol. The van der Waals surface area contributed by atoms with Gasteiger partial charge in [-0.25, -0.2) is 4.98 Å². The molecule has 2 fully saturated rings. The van der Waals surface area contributed by atoms with Gasteiger partial charge in [0, 0.05) is 48.6 Å². The van der Waals surface area contributed by atoms with Gasteiger partial charge in [-0.15, -0.1) is 0 Å². The third kappa shape index (κ3) is 2.76. The molecule has 1 amide bonds. The number of H-pyrrole nitrogens is 1. The number of amides is 1. The van der Waals surface area contributed by atoms with Gasteiger partial charge in [0.15, 0.2) is 0 Å². The van der Waals surface area contributed by atoms with Crippen molar-refractivity contribution in [2.45, 2.75) is 37.8 Å². The maximum Gasteiger partial charge on any atom is 0.290 e. The van der Waals surface area contributed by atoms with E-state index in [9.17, 15) is 9.59 Å². The SMILES string of the molecule is O=C1C(=O)N(CCCn2ccnc2)C(C2CC2)C1c1c[nH]c2ccccc12. The first-order valence-corrected chi connectivity index (χ1v) is 9.60. The number of fused-ring (bicyclic) bond motifs is 1. The van der Waals surface area contributed by atoms with E-state index in [0.717, 1.165) is 42.3 Å². The maximum absolute atomic E-state index is 13.0.